The molecule has 162 valence electrons. The van der Waals surface area contributed by atoms with E-state index in [4.69, 9.17) is 4.74 Å². The summed E-state index contributed by atoms with van der Waals surface area (Å²) in [6.45, 7) is 5.80. The van der Waals surface area contributed by atoms with E-state index in [0.29, 0.717) is 21.0 Å². The van der Waals surface area contributed by atoms with Gasteiger partial charge in [0.1, 0.15) is 0 Å². The number of hydrogen-bond donors (Lipinski definition) is 0. The van der Waals surface area contributed by atoms with Crippen LogP contribution in [0.25, 0.3) is 10.7 Å². The van der Waals surface area contributed by atoms with Gasteiger partial charge in [0.15, 0.2) is 5.69 Å². The molecule has 2 heterocycles. The second-order valence-corrected chi connectivity index (χ2v) is 10.4. The van der Waals surface area contributed by atoms with Gasteiger partial charge in [-0.15, -0.1) is 11.8 Å². The third kappa shape index (κ3) is 4.67. The Balaban J connectivity index is 2.10. The first-order valence-electron chi connectivity index (χ1n) is 9.01. The van der Waals surface area contributed by atoms with Gasteiger partial charge in [-0.2, -0.15) is 23.0 Å². The predicted molar refractivity (Wildman–Crippen MR) is 115 cm³/mol. The van der Waals surface area contributed by atoms with E-state index in [0.717, 1.165) is 15.9 Å². The Bertz CT molecular complexity index is 1040. The van der Waals surface area contributed by atoms with Crippen LogP contribution in [0.4, 0.5) is 13.2 Å². The molecule has 2 aromatic heterocycles. The van der Waals surface area contributed by atoms with Crippen molar-refractivity contribution < 1.29 is 22.7 Å². The highest BCUT2D eigenvalue weighted by molar-refractivity contribution is 9.10. The molecular formula is C19H19BrF3N3O2S2. The minimum absolute atomic E-state index is 0.0895. The Hall–Kier alpha value is -1.59. The number of methoxy groups -OCH3 is 1. The van der Waals surface area contributed by atoms with E-state index in [-0.39, 0.29) is 23.8 Å². The maximum atomic E-state index is 13.0. The van der Waals surface area contributed by atoms with Gasteiger partial charge in [0.25, 0.3) is 0 Å². The van der Waals surface area contributed by atoms with Crippen LogP contribution in [0.5, 0.6) is 0 Å². The SMILES string of the molecule is COC(=O)c1c(Br)c(C)nn1-c1nc(C2=CC=C(C(F)(F)F)CC2)c(SC(C)C)s1. The lowest BCUT2D eigenvalue weighted by Crippen LogP contribution is -2.13. The summed E-state index contributed by atoms with van der Waals surface area (Å²) < 4.78 is 46.6. The average molecular weight is 522 g/mol. The number of halogens is 4. The molecule has 0 unspecified atom stereocenters. The Morgan fingerprint density at radius 1 is 1.33 bits per heavy atom. The first-order chi connectivity index (χ1) is 14.0. The third-order valence-corrected chi connectivity index (χ3v) is 7.48. The monoisotopic (exact) mass is 521 g/mol. The maximum Gasteiger partial charge on any atom is 0.412 e. The van der Waals surface area contributed by atoms with Crippen LogP contribution in [0.1, 0.15) is 48.6 Å². The quantitative estimate of drug-likeness (QED) is 0.338. The van der Waals surface area contributed by atoms with Crippen LogP contribution in [0.15, 0.2) is 26.4 Å². The highest BCUT2D eigenvalue weighted by atomic mass is 79.9. The van der Waals surface area contributed by atoms with Gasteiger partial charge in [0.05, 0.1) is 27.2 Å². The highest BCUT2D eigenvalue weighted by Gasteiger charge is 2.34. The summed E-state index contributed by atoms with van der Waals surface area (Å²) in [7, 11) is 1.28. The van der Waals surface area contributed by atoms with Crippen molar-refractivity contribution in [3.63, 3.8) is 0 Å². The summed E-state index contributed by atoms with van der Waals surface area (Å²) in [4.78, 5) is 16.9. The van der Waals surface area contributed by atoms with Crippen molar-refractivity contribution in [3.05, 3.63) is 39.3 Å². The normalized spacial score (nSPS) is 14.7. The lowest BCUT2D eigenvalue weighted by atomic mass is 9.96. The molecule has 0 atom stereocenters. The van der Waals surface area contributed by atoms with Crippen molar-refractivity contribution in [2.45, 2.75) is 49.2 Å². The summed E-state index contributed by atoms with van der Waals surface area (Å²) in [6.07, 6.45) is -1.56. The van der Waals surface area contributed by atoms with E-state index in [2.05, 4.69) is 26.0 Å². The fraction of sp³-hybridized carbons (Fsp3) is 0.421. The van der Waals surface area contributed by atoms with Crippen LogP contribution in [0.3, 0.4) is 0 Å². The molecule has 5 nitrogen and oxygen atoms in total. The molecule has 0 radical (unpaired) electrons. The van der Waals surface area contributed by atoms with Crippen molar-refractivity contribution >= 4 is 50.6 Å². The summed E-state index contributed by atoms with van der Waals surface area (Å²) in [6, 6.07) is 0. The number of aryl methyl sites for hydroxylation is 1. The van der Waals surface area contributed by atoms with Gasteiger partial charge in [-0.1, -0.05) is 37.3 Å². The molecule has 0 fully saturated rings. The molecule has 0 aromatic carbocycles. The minimum atomic E-state index is -4.32. The van der Waals surface area contributed by atoms with E-state index in [1.165, 1.54) is 29.2 Å². The number of rotatable bonds is 5. The predicted octanol–water partition coefficient (Wildman–Crippen LogP) is 6.35. The number of nitrogens with zero attached hydrogens (tertiary/aromatic N) is 3. The number of allylic oxidation sites excluding steroid dienone is 4. The molecule has 1 aliphatic carbocycles. The molecule has 0 saturated heterocycles. The summed E-state index contributed by atoms with van der Waals surface area (Å²) in [5, 5.41) is 5.10. The molecule has 0 spiro atoms. The fourth-order valence-corrected chi connectivity index (χ4v) is 5.79. The molecule has 0 aliphatic heterocycles. The highest BCUT2D eigenvalue weighted by Crippen LogP contribution is 2.42. The molecule has 30 heavy (non-hydrogen) atoms. The van der Waals surface area contributed by atoms with Crippen LogP contribution in [0, 0.1) is 6.92 Å². The Morgan fingerprint density at radius 3 is 2.57 bits per heavy atom. The summed E-state index contributed by atoms with van der Waals surface area (Å²) in [5.41, 5.74) is 1.63. The summed E-state index contributed by atoms with van der Waals surface area (Å²) >= 11 is 6.29. The van der Waals surface area contributed by atoms with Gasteiger partial charge in [-0.25, -0.2) is 9.78 Å². The first-order valence-corrected chi connectivity index (χ1v) is 11.5. The molecular weight excluding hydrogens is 503 g/mol. The minimum Gasteiger partial charge on any atom is -0.464 e. The standard InChI is InChI=1S/C19H19BrF3N3O2S2/c1-9(2)29-17-14(11-5-7-12(8-6-11)19(21,22)23)24-18(30-17)26-15(16(27)28-4)13(20)10(3)25-26/h5,7,9H,6,8H2,1-4H3. The topological polar surface area (TPSA) is 57.0 Å². The number of thioether (sulfide) groups is 1. The Kier molecular flexibility index (Phi) is 6.83. The number of carbonyl (C=O) groups is 1. The lowest BCUT2D eigenvalue weighted by molar-refractivity contribution is -0.0939. The molecule has 0 N–H and O–H groups in total. The van der Waals surface area contributed by atoms with Crippen LogP contribution in [-0.2, 0) is 4.74 Å². The van der Waals surface area contributed by atoms with Crippen LogP contribution >= 0.6 is 39.0 Å². The molecule has 11 heteroatoms. The van der Waals surface area contributed by atoms with E-state index >= 15 is 0 Å². The van der Waals surface area contributed by atoms with E-state index in [9.17, 15) is 18.0 Å². The zero-order valence-corrected chi connectivity index (χ0v) is 19.9. The molecule has 3 rings (SSSR count). The second-order valence-electron chi connectivity index (χ2n) is 6.83. The molecule has 1 aliphatic rings. The van der Waals surface area contributed by atoms with Crippen molar-refractivity contribution in [3.8, 4) is 5.13 Å². The summed E-state index contributed by atoms with van der Waals surface area (Å²) in [5.74, 6) is -0.563. The van der Waals surface area contributed by atoms with Crippen molar-refractivity contribution in [1.29, 1.82) is 0 Å². The van der Waals surface area contributed by atoms with Gasteiger partial charge in [0, 0.05) is 10.8 Å². The molecule has 0 amide bonds. The van der Waals surface area contributed by atoms with Crippen LogP contribution in [0.2, 0.25) is 0 Å². The first kappa shape index (κ1) is 23.1. The number of thiazole rings is 1. The smallest absolute Gasteiger partial charge is 0.412 e. The number of hydrogen-bond acceptors (Lipinski definition) is 6. The number of aromatic nitrogens is 3. The Labute approximate surface area is 188 Å². The third-order valence-electron chi connectivity index (χ3n) is 4.29. The number of carbonyl (C=O) groups excluding carboxylic acids is 1. The van der Waals surface area contributed by atoms with Crippen molar-refractivity contribution in [2.75, 3.05) is 7.11 Å². The van der Waals surface area contributed by atoms with Gasteiger partial charge in [-0.05, 0) is 41.3 Å². The molecule has 0 saturated carbocycles. The second kappa shape index (κ2) is 8.88. The Morgan fingerprint density at radius 2 is 2.03 bits per heavy atom. The van der Waals surface area contributed by atoms with Gasteiger partial charge >= 0.3 is 12.1 Å². The zero-order chi connectivity index (χ0) is 22.2. The van der Waals surface area contributed by atoms with Crippen molar-refractivity contribution in [2.24, 2.45) is 0 Å². The number of ether oxygens (including phenoxy) is 1. The van der Waals surface area contributed by atoms with E-state index in [1.807, 2.05) is 13.8 Å². The average Bonchev–Trinajstić information content (AvgIpc) is 3.21. The maximum absolute atomic E-state index is 13.0. The van der Waals surface area contributed by atoms with Crippen LogP contribution < -0.4 is 0 Å². The van der Waals surface area contributed by atoms with Crippen LogP contribution in [-0.4, -0.2) is 39.3 Å². The van der Waals surface area contributed by atoms with Crippen molar-refractivity contribution in [1.82, 2.24) is 14.8 Å². The van der Waals surface area contributed by atoms with Gasteiger partial charge in [-0.3, -0.25) is 0 Å². The van der Waals surface area contributed by atoms with Gasteiger partial charge in [0.2, 0.25) is 5.13 Å². The lowest BCUT2D eigenvalue weighted by Gasteiger charge is -2.16. The zero-order valence-electron chi connectivity index (χ0n) is 16.6. The number of esters is 1. The number of alkyl halides is 3. The largest absolute Gasteiger partial charge is 0.464 e. The van der Waals surface area contributed by atoms with E-state index < -0.39 is 17.7 Å². The van der Waals surface area contributed by atoms with E-state index in [1.54, 1.807) is 18.7 Å². The molecule has 2 aromatic rings. The van der Waals surface area contributed by atoms with Gasteiger partial charge < -0.3 is 4.74 Å². The fourth-order valence-electron chi connectivity index (χ4n) is 2.87. The molecule has 0 bridgehead atoms.